The first-order valence-corrected chi connectivity index (χ1v) is 20.2. The number of rotatable bonds is 2. The van der Waals surface area contributed by atoms with Crippen LogP contribution in [0.4, 0.5) is 0 Å². The van der Waals surface area contributed by atoms with E-state index >= 15 is 0 Å². The van der Waals surface area contributed by atoms with Gasteiger partial charge in [0.1, 0.15) is 12.7 Å². The van der Waals surface area contributed by atoms with E-state index in [1.807, 2.05) is 12.4 Å². The number of fused-ring (bicyclic) bond motifs is 12. The lowest BCUT2D eigenvalue weighted by atomic mass is 9.83. The van der Waals surface area contributed by atoms with Crippen LogP contribution in [0.5, 0.6) is 0 Å². The zero-order valence-corrected chi connectivity index (χ0v) is 33.8. The number of halogens is 2. The Morgan fingerprint density at radius 3 is 1.40 bits per heavy atom. The fraction of sp³-hybridized carbons (Fsp3) is 0.137. The van der Waals surface area contributed by atoms with Crippen molar-refractivity contribution < 1.29 is 0 Å². The van der Waals surface area contributed by atoms with Gasteiger partial charge in [0, 0.05) is 34.4 Å². The molecule has 0 amide bonds. The first kappa shape index (κ1) is 36.7. The fourth-order valence-corrected chi connectivity index (χ4v) is 9.06. The van der Waals surface area contributed by atoms with Crippen LogP contribution in [0.3, 0.4) is 0 Å². The summed E-state index contributed by atoms with van der Waals surface area (Å²) in [4.78, 5) is 17.8. The van der Waals surface area contributed by atoms with Crippen LogP contribution in [0.1, 0.15) is 50.2 Å². The van der Waals surface area contributed by atoms with E-state index in [9.17, 15) is 0 Å². The summed E-state index contributed by atoms with van der Waals surface area (Å²) in [7, 11) is 0. The molecular weight excluding hydrogens is 739 g/mol. The van der Waals surface area contributed by atoms with Crippen LogP contribution in [0.25, 0.3) is 76.8 Å². The summed E-state index contributed by atoms with van der Waals surface area (Å²) >= 11 is 9.53. The summed E-state index contributed by atoms with van der Waals surface area (Å²) in [5, 5.41) is 8.05. The van der Waals surface area contributed by atoms with Gasteiger partial charge in [0.2, 0.25) is 0 Å². The molecule has 9 aromatic rings. The molecule has 0 aliphatic heterocycles. The molecule has 0 saturated carbocycles. The summed E-state index contributed by atoms with van der Waals surface area (Å²) in [5.41, 5.74) is 14.5. The average molecular weight is 780 g/mol. The smallest absolute Gasteiger partial charge is 0.115 e. The third kappa shape index (κ3) is 6.07. The van der Waals surface area contributed by atoms with E-state index in [1.54, 1.807) is 12.7 Å². The summed E-state index contributed by atoms with van der Waals surface area (Å²) in [6.45, 7) is 9.02. The number of hydrogen-bond donors (Lipinski definition) is 0. The highest BCUT2D eigenvalue weighted by atomic mass is 35.5. The van der Waals surface area contributed by atoms with Gasteiger partial charge in [0.05, 0.1) is 16.7 Å². The maximum Gasteiger partial charge on any atom is 0.115 e. The number of alkyl halides is 2. The minimum atomic E-state index is -0.120. The van der Waals surface area contributed by atoms with E-state index in [1.165, 1.54) is 76.8 Å². The van der Waals surface area contributed by atoms with Gasteiger partial charge in [-0.2, -0.15) is 0 Å². The van der Waals surface area contributed by atoms with Crippen LogP contribution in [-0.4, -0.2) is 25.3 Å². The molecule has 6 heteroatoms. The SMILES string of the molecule is CC1(C)c2cc(-c3ccccc3-c3ccccc3)ccc2-c2cncnc21.CC1(C)c2cc3c4ccccc4c4ccccc4c3cc2-c2cncnc21.ClCCl. The number of aromatic nitrogens is 4. The third-order valence-corrected chi connectivity index (χ3v) is 11.8. The first-order valence-electron chi connectivity index (χ1n) is 19.1. The molecule has 278 valence electrons. The van der Waals surface area contributed by atoms with Crippen molar-refractivity contribution in [2.75, 3.05) is 5.34 Å². The van der Waals surface area contributed by atoms with E-state index in [-0.39, 0.29) is 16.2 Å². The average Bonchev–Trinajstić information content (AvgIpc) is 3.63. The monoisotopic (exact) mass is 778 g/mol. The van der Waals surface area contributed by atoms with E-state index in [0.29, 0.717) is 0 Å². The standard InChI is InChI=1S/C25H18N2.C25H20N2.CH2Cl2/c1-25(2)23-12-20-18-10-6-4-8-16(18)15-7-3-5-9-17(15)19(20)11-21(23)22-13-26-14-27-24(22)25;1-25(2)23-14-18(12-13-21(23)22-15-26-16-27-24(22)25)20-11-7-6-10-19(20)17-8-4-3-5-9-17;2-1-3/h3-14H,1-2H3;3-16H,1-2H3;1H2. The second kappa shape index (κ2) is 14.5. The normalized spacial score (nSPS) is 13.8. The van der Waals surface area contributed by atoms with Crippen LogP contribution >= 0.6 is 23.2 Å². The lowest BCUT2D eigenvalue weighted by molar-refractivity contribution is 0.635. The van der Waals surface area contributed by atoms with Gasteiger partial charge in [-0.25, -0.2) is 19.9 Å². The Bertz CT molecular complexity index is 2970. The van der Waals surface area contributed by atoms with Crippen molar-refractivity contribution in [1.29, 1.82) is 0 Å². The molecule has 7 aromatic carbocycles. The molecule has 4 nitrogen and oxygen atoms in total. The molecule has 0 unspecified atom stereocenters. The summed E-state index contributed by atoms with van der Waals surface area (Å²) < 4.78 is 0. The van der Waals surface area contributed by atoms with Crippen molar-refractivity contribution >= 4 is 55.5 Å². The number of nitrogens with zero attached hydrogens (tertiary/aromatic N) is 4. The molecule has 0 atom stereocenters. The molecule has 2 aliphatic carbocycles. The van der Waals surface area contributed by atoms with Crippen molar-refractivity contribution in [3.8, 4) is 44.5 Å². The van der Waals surface area contributed by atoms with Crippen molar-refractivity contribution in [3.63, 3.8) is 0 Å². The Morgan fingerprint density at radius 1 is 0.404 bits per heavy atom. The maximum atomic E-state index is 4.76. The van der Waals surface area contributed by atoms with E-state index in [0.717, 1.165) is 22.5 Å². The zero-order chi connectivity index (χ0) is 39.3. The third-order valence-electron chi connectivity index (χ3n) is 11.8. The molecule has 2 heterocycles. The molecule has 0 bridgehead atoms. The van der Waals surface area contributed by atoms with Crippen molar-refractivity contribution in [2.24, 2.45) is 0 Å². The van der Waals surface area contributed by atoms with Crippen LogP contribution in [0.15, 0.2) is 159 Å². The molecule has 2 aliphatic rings. The van der Waals surface area contributed by atoms with Gasteiger partial charge in [-0.15, -0.1) is 23.2 Å². The predicted molar refractivity (Wildman–Crippen MR) is 239 cm³/mol. The van der Waals surface area contributed by atoms with Crippen molar-refractivity contribution in [3.05, 3.63) is 181 Å². The van der Waals surface area contributed by atoms with Crippen LogP contribution in [-0.2, 0) is 10.8 Å². The molecule has 0 N–H and O–H groups in total. The second-order valence-corrected chi connectivity index (χ2v) is 16.4. The Labute approximate surface area is 343 Å². The molecule has 0 spiro atoms. The molecular formula is C51H40Cl2N4. The minimum Gasteiger partial charge on any atom is -0.244 e. The van der Waals surface area contributed by atoms with E-state index in [4.69, 9.17) is 23.2 Å². The van der Waals surface area contributed by atoms with Gasteiger partial charge in [-0.05, 0) is 95.0 Å². The Balaban J connectivity index is 0.000000139. The first-order chi connectivity index (χ1) is 27.7. The number of benzene rings is 7. The Morgan fingerprint density at radius 2 is 0.842 bits per heavy atom. The molecule has 2 aromatic heterocycles. The van der Waals surface area contributed by atoms with Gasteiger partial charge < -0.3 is 0 Å². The van der Waals surface area contributed by atoms with Gasteiger partial charge in [-0.3, -0.25) is 0 Å². The quantitative estimate of drug-likeness (QED) is 0.130. The molecule has 0 radical (unpaired) electrons. The van der Waals surface area contributed by atoms with Crippen LogP contribution < -0.4 is 0 Å². The molecule has 0 saturated heterocycles. The Kier molecular flexibility index (Phi) is 9.35. The minimum absolute atomic E-state index is 0.117. The summed E-state index contributed by atoms with van der Waals surface area (Å²) in [6, 6.07) is 48.2. The lowest BCUT2D eigenvalue weighted by Gasteiger charge is -2.21. The number of hydrogen-bond acceptors (Lipinski definition) is 4. The highest BCUT2D eigenvalue weighted by Gasteiger charge is 2.38. The van der Waals surface area contributed by atoms with E-state index in [2.05, 4.69) is 181 Å². The van der Waals surface area contributed by atoms with Gasteiger partial charge in [0.15, 0.2) is 0 Å². The van der Waals surface area contributed by atoms with Gasteiger partial charge in [0.25, 0.3) is 0 Å². The second-order valence-electron chi connectivity index (χ2n) is 15.6. The Hall–Kier alpha value is -5.94. The molecule has 11 rings (SSSR count). The summed E-state index contributed by atoms with van der Waals surface area (Å²) in [5.74, 6) is 0. The molecule has 0 fully saturated rings. The van der Waals surface area contributed by atoms with Crippen molar-refractivity contribution in [2.45, 2.75) is 38.5 Å². The largest absolute Gasteiger partial charge is 0.244 e. The highest BCUT2D eigenvalue weighted by Crippen LogP contribution is 2.51. The maximum absolute atomic E-state index is 4.76. The summed E-state index contributed by atoms with van der Waals surface area (Å²) in [6.07, 6.45) is 7.22. The van der Waals surface area contributed by atoms with E-state index < -0.39 is 0 Å². The predicted octanol–water partition coefficient (Wildman–Crippen LogP) is 13.8. The fourth-order valence-electron chi connectivity index (χ4n) is 9.06. The van der Waals surface area contributed by atoms with Gasteiger partial charge in [-0.1, -0.05) is 143 Å². The topological polar surface area (TPSA) is 51.6 Å². The van der Waals surface area contributed by atoms with Gasteiger partial charge >= 0.3 is 0 Å². The highest BCUT2D eigenvalue weighted by molar-refractivity contribution is 6.40. The van der Waals surface area contributed by atoms with Crippen LogP contribution in [0, 0.1) is 0 Å². The molecule has 57 heavy (non-hydrogen) atoms. The lowest BCUT2D eigenvalue weighted by Crippen LogP contribution is -2.16. The zero-order valence-electron chi connectivity index (χ0n) is 32.3. The van der Waals surface area contributed by atoms with Crippen molar-refractivity contribution in [1.82, 2.24) is 19.9 Å². The van der Waals surface area contributed by atoms with Crippen LogP contribution in [0.2, 0.25) is 0 Å².